The largest absolute Gasteiger partial charge is 0.497 e. The molecule has 0 N–H and O–H groups in total. The van der Waals surface area contributed by atoms with Gasteiger partial charge in [0, 0.05) is 28.3 Å². The number of hydrogen-bond acceptors (Lipinski definition) is 5. The van der Waals surface area contributed by atoms with E-state index in [-0.39, 0.29) is 17.3 Å². The number of para-hydroxylation sites is 1. The summed E-state index contributed by atoms with van der Waals surface area (Å²) in [6.07, 6.45) is 3.92. The Bertz CT molecular complexity index is 1640. The number of anilines is 1. The molecule has 0 radical (unpaired) electrons. The molecule has 0 unspecified atom stereocenters. The van der Waals surface area contributed by atoms with Crippen molar-refractivity contribution in [3.05, 3.63) is 137 Å². The van der Waals surface area contributed by atoms with Crippen molar-refractivity contribution in [2.24, 2.45) is 5.41 Å². The zero-order valence-electron chi connectivity index (χ0n) is 21.3. The third-order valence-corrected chi connectivity index (χ3v) is 8.51. The van der Waals surface area contributed by atoms with Crippen molar-refractivity contribution >= 4 is 29.1 Å². The smallest absolute Gasteiger partial charge is 0.185 e. The molecule has 4 aromatic rings. The van der Waals surface area contributed by atoms with Crippen LogP contribution in [0, 0.1) is 5.41 Å². The summed E-state index contributed by atoms with van der Waals surface area (Å²) in [6, 6.07) is 30.0. The highest BCUT2D eigenvalue weighted by molar-refractivity contribution is 6.32. The third kappa shape index (κ3) is 3.10. The molecule has 2 heterocycles. The van der Waals surface area contributed by atoms with Crippen LogP contribution in [-0.4, -0.2) is 36.5 Å². The fourth-order valence-corrected chi connectivity index (χ4v) is 6.87. The molecule has 1 aliphatic carbocycles. The maximum Gasteiger partial charge on any atom is 0.185 e. The number of fused-ring (bicyclic) bond motifs is 5. The van der Waals surface area contributed by atoms with Gasteiger partial charge in [-0.2, -0.15) is 0 Å². The van der Waals surface area contributed by atoms with Gasteiger partial charge in [-0.05, 0) is 29.3 Å². The molecule has 3 aliphatic rings. The van der Waals surface area contributed by atoms with Crippen LogP contribution in [0.15, 0.2) is 109 Å². The van der Waals surface area contributed by atoms with Crippen LogP contribution in [0.1, 0.15) is 48.1 Å². The normalized spacial score (nSPS) is 22.0. The monoisotopic (exact) mass is 511 g/mol. The number of ether oxygens (including phenoxy) is 1. The molecule has 1 fully saturated rings. The molecular weight excluding hydrogens is 486 g/mol. The summed E-state index contributed by atoms with van der Waals surface area (Å²) in [5, 5.41) is 0. The standard InChI is InChI=1S/C34H25NO4/c1-39-24-18-15-22(16-19-24)29-30(31(36)23-10-3-2-4-11-23)35-27-14-8-5-9-21(27)17-20-28(35)34(29)32(37)25-12-6-7-13-26(25)33(34)38/h2-20,28-30H,1H3/t28-,29-,30+/m1/s1. The molecule has 2 aliphatic heterocycles. The molecule has 3 atom stereocenters. The van der Waals surface area contributed by atoms with E-state index in [0.29, 0.717) is 22.4 Å². The number of hydrogen-bond donors (Lipinski definition) is 0. The van der Waals surface area contributed by atoms with Gasteiger partial charge in [-0.15, -0.1) is 0 Å². The zero-order valence-corrected chi connectivity index (χ0v) is 21.3. The third-order valence-electron chi connectivity index (χ3n) is 8.51. The number of nitrogens with zero attached hydrogens (tertiary/aromatic N) is 1. The lowest BCUT2D eigenvalue weighted by Crippen LogP contribution is -2.48. The lowest BCUT2D eigenvalue weighted by Gasteiger charge is -2.37. The van der Waals surface area contributed by atoms with Gasteiger partial charge in [0.1, 0.15) is 17.2 Å². The van der Waals surface area contributed by atoms with Crippen molar-refractivity contribution in [1.29, 1.82) is 0 Å². The number of methoxy groups -OCH3 is 1. The summed E-state index contributed by atoms with van der Waals surface area (Å²) < 4.78 is 5.40. The fourth-order valence-electron chi connectivity index (χ4n) is 6.87. The molecule has 1 saturated heterocycles. The Kier molecular flexibility index (Phi) is 5.17. The molecule has 1 spiro atoms. The second-order valence-electron chi connectivity index (χ2n) is 10.3. The predicted molar refractivity (Wildman–Crippen MR) is 150 cm³/mol. The molecule has 7 rings (SSSR count). The lowest BCUT2D eigenvalue weighted by molar-refractivity contribution is 0.0666. The first-order valence-electron chi connectivity index (χ1n) is 13.0. The van der Waals surface area contributed by atoms with Gasteiger partial charge in [0.25, 0.3) is 0 Å². The highest BCUT2D eigenvalue weighted by atomic mass is 16.5. The summed E-state index contributed by atoms with van der Waals surface area (Å²) in [5.41, 5.74) is 2.41. The Morgan fingerprint density at radius 3 is 2.05 bits per heavy atom. The summed E-state index contributed by atoms with van der Waals surface area (Å²) in [4.78, 5) is 45.7. The maximum atomic E-state index is 14.6. The Balaban J connectivity index is 1.54. The van der Waals surface area contributed by atoms with Crippen molar-refractivity contribution in [1.82, 2.24) is 0 Å². The van der Waals surface area contributed by atoms with Crippen LogP contribution < -0.4 is 9.64 Å². The molecule has 190 valence electrons. The summed E-state index contributed by atoms with van der Waals surface area (Å²) >= 11 is 0. The lowest BCUT2D eigenvalue weighted by atomic mass is 9.64. The highest BCUT2D eigenvalue weighted by Gasteiger charge is 2.71. The van der Waals surface area contributed by atoms with Gasteiger partial charge in [0.05, 0.1) is 13.2 Å². The molecule has 5 nitrogen and oxygen atoms in total. The first-order valence-corrected chi connectivity index (χ1v) is 13.0. The SMILES string of the molecule is COc1ccc([C@@H]2[C@@H](C(=O)c3ccccc3)N3c4ccccc4C=C[C@@H]3C23C(=O)c2ccccc2C3=O)cc1. The average molecular weight is 512 g/mol. The molecular formula is C34H25NO4. The van der Waals surface area contributed by atoms with Crippen molar-refractivity contribution < 1.29 is 19.1 Å². The van der Waals surface area contributed by atoms with Crippen molar-refractivity contribution in [3.8, 4) is 5.75 Å². The number of benzene rings is 4. The van der Waals surface area contributed by atoms with Gasteiger partial charge in [-0.3, -0.25) is 14.4 Å². The summed E-state index contributed by atoms with van der Waals surface area (Å²) in [5.74, 6) is -0.658. The van der Waals surface area contributed by atoms with E-state index in [1.807, 2.05) is 83.8 Å². The average Bonchev–Trinajstić information content (AvgIpc) is 3.43. The predicted octanol–water partition coefficient (Wildman–Crippen LogP) is 6.01. The van der Waals surface area contributed by atoms with Crippen LogP contribution >= 0.6 is 0 Å². The minimum Gasteiger partial charge on any atom is -0.497 e. The van der Waals surface area contributed by atoms with E-state index in [2.05, 4.69) is 0 Å². The van der Waals surface area contributed by atoms with Gasteiger partial charge < -0.3 is 9.64 Å². The molecule has 0 saturated carbocycles. The number of ketones is 3. The van der Waals surface area contributed by atoms with Crippen LogP contribution in [0.4, 0.5) is 5.69 Å². The van der Waals surface area contributed by atoms with Gasteiger partial charge in [-0.1, -0.05) is 97.1 Å². The molecule has 0 amide bonds. The van der Waals surface area contributed by atoms with E-state index in [1.54, 1.807) is 43.5 Å². The first kappa shape index (κ1) is 23.4. The Labute approximate surface area is 226 Å². The van der Waals surface area contributed by atoms with Gasteiger partial charge in [0.2, 0.25) is 0 Å². The molecule has 0 aromatic heterocycles. The number of carbonyl (C=O) groups excluding carboxylic acids is 3. The number of Topliss-reactive ketones (excluding diaryl/α,β-unsaturated/α-hetero) is 3. The number of carbonyl (C=O) groups is 3. The van der Waals surface area contributed by atoms with Crippen molar-refractivity contribution in [2.75, 3.05) is 12.0 Å². The van der Waals surface area contributed by atoms with Crippen LogP contribution in [-0.2, 0) is 0 Å². The minimum atomic E-state index is -1.50. The van der Waals surface area contributed by atoms with E-state index in [0.717, 1.165) is 16.8 Å². The second kappa shape index (κ2) is 8.63. The van der Waals surface area contributed by atoms with Gasteiger partial charge in [0.15, 0.2) is 17.3 Å². The van der Waals surface area contributed by atoms with Gasteiger partial charge >= 0.3 is 0 Å². The van der Waals surface area contributed by atoms with E-state index < -0.39 is 23.4 Å². The molecule has 0 bridgehead atoms. The molecule has 4 aromatic carbocycles. The summed E-state index contributed by atoms with van der Waals surface area (Å²) in [6.45, 7) is 0. The van der Waals surface area contributed by atoms with E-state index >= 15 is 0 Å². The summed E-state index contributed by atoms with van der Waals surface area (Å²) in [7, 11) is 1.59. The van der Waals surface area contributed by atoms with Crippen molar-refractivity contribution in [3.63, 3.8) is 0 Å². The Morgan fingerprint density at radius 1 is 0.769 bits per heavy atom. The van der Waals surface area contributed by atoms with Crippen LogP contribution in [0.25, 0.3) is 6.08 Å². The van der Waals surface area contributed by atoms with Crippen LogP contribution in [0.2, 0.25) is 0 Å². The fraction of sp³-hybridized carbons (Fsp3) is 0.147. The van der Waals surface area contributed by atoms with E-state index in [9.17, 15) is 14.4 Å². The van der Waals surface area contributed by atoms with E-state index in [4.69, 9.17) is 4.74 Å². The minimum absolute atomic E-state index is 0.125. The highest BCUT2D eigenvalue weighted by Crippen LogP contribution is 2.61. The Hall–Kier alpha value is -4.77. The topological polar surface area (TPSA) is 63.7 Å². The van der Waals surface area contributed by atoms with Crippen molar-refractivity contribution in [2.45, 2.75) is 18.0 Å². The molecule has 5 heteroatoms. The van der Waals surface area contributed by atoms with Gasteiger partial charge in [-0.25, -0.2) is 0 Å². The second-order valence-corrected chi connectivity index (χ2v) is 10.3. The first-order chi connectivity index (χ1) is 19.1. The van der Waals surface area contributed by atoms with Crippen LogP contribution in [0.3, 0.4) is 0 Å². The molecule has 39 heavy (non-hydrogen) atoms. The zero-order chi connectivity index (χ0) is 26.7. The maximum absolute atomic E-state index is 14.6. The number of rotatable bonds is 4. The quantitative estimate of drug-likeness (QED) is 0.248. The Morgan fingerprint density at radius 2 is 1.38 bits per heavy atom. The van der Waals surface area contributed by atoms with Crippen LogP contribution in [0.5, 0.6) is 5.75 Å². The van der Waals surface area contributed by atoms with E-state index in [1.165, 1.54) is 0 Å².